The van der Waals surface area contributed by atoms with Crippen LogP contribution in [-0.2, 0) is 15.0 Å². The third-order valence-electron chi connectivity index (χ3n) is 9.21. The van der Waals surface area contributed by atoms with Gasteiger partial charge in [-0.05, 0) is 116 Å². The number of anilines is 1. The van der Waals surface area contributed by atoms with E-state index < -0.39 is 0 Å². The Hall–Kier alpha value is -2.68. The number of fused-ring (bicyclic) bond motifs is 3. The minimum Gasteiger partial charge on any atom is -0.312 e. The van der Waals surface area contributed by atoms with Crippen LogP contribution < -0.4 is 4.90 Å². The van der Waals surface area contributed by atoms with Gasteiger partial charge in [0.2, 0.25) is 5.91 Å². The van der Waals surface area contributed by atoms with Crippen LogP contribution in [0.1, 0.15) is 86.8 Å². The topological polar surface area (TPSA) is 37.4 Å². The molecule has 0 aromatic heterocycles. The number of carbonyl (C=O) groups excluding carboxylic acids is 2. The van der Waals surface area contributed by atoms with Gasteiger partial charge in [-0.15, -0.1) is 0 Å². The zero-order valence-corrected chi connectivity index (χ0v) is 20.0. The fourth-order valence-corrected chi connectivity index (χ4v) is 6.59. The Morgan fingerprint density at radius 1 is 0.912 bits per heavy atom. The van der Waals surface area contributed by atoms with Crippen LogP contribution >= 0.6 is 0 Å². The van der Waals surface area contributed by atoms with E-state index in [2.05, 4.69) is 41.3 Å². The molecule has 0 unspecified atom stereocenters. The molecule has 7 rings (SSSR count). The smallest absolute Gasteiger partial charge is 0.230 e. The molecule has 34 heavy (non-hydrogen) atoms. The summed E-state index contributed by atoms with van der Waals surface area (Å²) in [6.45, 7) is 0.833. The van der Waals surface area contributed by atoms with Crippen molar-refractivity contribution in [3.8, 4) is 0 Å². The van der Waals surface area contributed by atoms with Gasteiger partial charge in [0.15, 0.2) is 0 Å². The molecule has 3 nitrogen and oxygen atoms in total. The molecule has 0 heterocycles. The van der Waals surface area contributed by atoms with Crippen molar-refractivity contribution in [3.05, 3.63) is 71.3 Å². The fourth-order valence-electron chi connectivity index (χ4n) is 6.59. The Bertz CT molecular complexity index is 1080. The second-order valence-electron chi connectivity index (χ2n) is 11.5. The van der Waals surface area contributed by atoms with Crippen molar-refractivity contribution < 1.29 is 9.59 Å². The third-order valence-corrected chi connectivity index (χ3v) is 9.21. The molecule has 0 atom stereocenters. The van der Waals surface area contributed by atoms with Gasteiger partial charge >= 0.3 is 0 Å². The van der Waals surface area contributed by atoms with Crippen LogP contribution in [0.15, 0.2) is 54.6 Å². The Kier molecular flexibility index (Phi) is 5.47. The highest BCUT2D eigenvalue weighted by atomic mass is 16.2. The van der Waals surface area contributed by atoms with Gasteiger partial charge in [-0.25, -0.2) is 0 Å². The second-order valence-corrected chi connectivity index (χ2v) is 11.5. The zero-order valence-electron chi connectivity index (χ0n) is 20.0. The number of rotatable bonds is 8. The molecule has 2 bridgehead atoms. The molecule has 176 valence electrons. The lowest BCUT2D eigenvalue weighted by Crippen LogP contribution is -2.51. The monoisotopic (exact) mass is 453 g/mol. The first kappa shape index (κ1) is 21.8. The summed E-state index contributed by atoms with van der Waals surface area (Å²) in [7, 11) is 0. The van der Waals surface area contributed by atoms with Gasteiger partial charge in [-0.1, -0.05) is 42.5 Å². The highest BCUT2D eigenvalue weighted by molar-refractivity contribution is 5.96. The van der Waals surface area contributed by atoms with E-state index in [1.165, 1.54) is 63.0 Å². The maximum Gasteiger partial charge on any atom is 0.230 e. The molecule has 0 saturated heterocycles. The van der Waals surface area contributed by atoms with Crippen molar-refractivity contribution in [1.29, 1.82) is 0 Å². The molecule has 3 heteroatoms. The van der Waals surface area contributed by atoms with Gasteiger partial charge in [-0.3, -0.25) is 9.59 Å². The Labute approximate surface area is 203 Å². The molecule has 1 amide bonds. The van der Waals surface area contributed by atoms with E-state index in [4.69, 9.17) is 0 Å². The highest BCUT2D eigenvalue weighted by Gasteiger charge is 2.51. The predicted molar refractivity (Wildman–Crippen MR) is 137 cm³/mol. The first-order chi connectivity index (χ1) is 16.6. The van der Waals surface area contributed by atoms with Crippen molar-refractivity contribution in [1.82, 2.24) is 0 Å². The van der Waals surface area contributed by atoms with Crippen LogP contribution in [0.4, 0.5) is 5.69 Å². The number of hydrogen-bond donors (Lipinski definition) is 0. The van der Waals surface area contributed by atoms with Crippen molar-refractivity contribution in [3.63, 3.8) is 0 Å². The lowest BCUT2D eigenvalue weighted by atomic mass is 9.51. The van der Waals surface area contributed by atoms with Crippen LogP contribution in [0.5, 0.6) is 0 Å². The molecular weight excluding hydrogens is 418 g/mol. The summed E-state index contributed by atoms with van der Waals surface area (Å²) in [5, 5.41) is 0. The maximum atomic E-state index is 13.4. The van der Waals surface area contributed by atoms with Crippen molar-refractivity contribution in [2.24, 2.45) is 11.3 Å². The second kappa shape index (κ2) is 8.52. The van der Waals surface area contributed by atoms with Crippen LogP contribution in [0, 0.1) is 11.3 Å². The largest absolute Gasteiger partial charge is 0.312 e. The van der Waals surface area contributed by atoms with E-state index >= 15 is 0 Å². The van der Waals surface area contributed by atoms with Crippen molar-refractivity contribution in [2.45, 2.75) is 75.5 Å². The summed E-state index contributed by atoms with van der Waals surface area (Å²) in [6.07, 6.45) is 16.2. The molecule has 2 aromatic carbocycles. The summed E-state index contributed by atoms with van der Waals surface area (Å²) in [5.74, 6) is 1.31. The van der Waals surface area contributed by atoms with Crippen molar-refractivity contribution >= 4 is 24.0 Å². The fraction of sp³-hybridized carbons (Fsp3) is 0.484. The van der Waals surface area contributed by atoms with Gasteiger partial charge in [-0.2, -0.15) is 0 Å². The van der Waals surface area contributed by atoms with E-state index in [1.54, 1.807) is 5.56 Å². The van der Waals surface area contributed by atoms with E-state index in [1.807, 2.05) is 18.2 Å². The molecule has 2 aromatic rings. The lowest BCUT2D eigenvalue weighted by Gasteiger charge is -2.55. The van der Waals surface area contributed by atoms with Crippen LogP contribution in [0.25, 0.3) is 6.08 Å². The molecule has 5 saturated carbocycles. The van der Waals surface area contributed by atoms with Gasteiger partial charge in [0, 0.05) is 18.2 Å². The van der Waals surface area contributed by atoms with Gasteiger partial charge in [0.1, 0.15) is 6.29 Å². The first-order valence-corrected chi connectivity index (χ1v) is 13.2. The Morgan fingerprint density at radius 2 is 1.62 bits per heavy atom. The third kappa shape index (κ3) is 4.15. The van der Waals surface area contributed by atoms with E-state index in [0.717, 1.165) is 42.8 Å². The standard InChI is InChI=1S/C31H35NO2/c33-20-2-4-23-3-1-5-28(21-23)32(29(34)26-8-9-26)22-30-14-17-31(18-15-30,19-16-30)27-12-10-25(11-13-27)24-6-7-24/h1-5,10-13,20-21,24,26H,6-9,14-19,22H2/b4-2+. The number of hydrogen-bond acceptors (Lipinski definition) is 2. The Morgan fingerprint density at radius 3 is 2.24 bits per heavy atom. The van der Waals surface area contributed by atoms with Gasteiger partial charge < -0.3 is 4.90 Å². The number of carbonyl (C=O) groups is 2. The predicted octanol–water partition coefficient (Wildman–Crippen LogP) is 6.81. The van der Waals surface area contributed by atoms with Gasteiger partial charge in [0.05, 0.1) is 0 Å². The summed E-state index contributed by atoms with van der Waals surface area (Å²) in [5.41, 5.74) is 5.60. The quantitative estimate of drug-likeness (QED) is 0.325. The molecule has 5 aliphatic carbocycles. The highest BCUT2D eigenvalue weighted by Crippen LogP contribution is 2.58. The lowest BCUT2D eigenvalue weighted by molar-refractivity contribution is -0.120. The van der Waals surface area contributed by atoms with Crippen LogP contribution in [0.3, 0.4) is 0 Å². The summed E-state index contributed by atoms with van der Waals surface area (Å²) in [6, 6.07) is 17.7. The molecule has 5 fully saturated rings. The number of amides is 1. The molecule has 0 spiro atoms. The number of benzene rings is 2. The van der Waals surface area contributed by atoms with Crippen LogP contribution in [0.2, 0.25) is 0 Å². The van der Waals surface area contributed by atoms with E-state index in [-0.39, 0.29) is 11.3 Å². The number of nitrogens with zero attached hydrogens (tertiary/aromatic N) is 1. The molecule has 0 N–H and O–H groups in total. The summed E-state index contributed by atoms with van der Waals surface area (Å²) < 4.78 is 0. The van der Waals surface area contributed by atoms with Crippen molar-refractivity contribution in [2.75, 3.05) is 11.4 Å². The Balaban J connectivity index is 1.21. The average Bonchev–Trinajstić information content (AvgIpc) is 3.80. The normalized spacial score (nSPS) is 28.2. The molecule has 0 aliphatic heterocycles. The maximum absolute atomic E-state index is 13.4. The molecular formula is C31H35NO2. The molecule has 5 aliphatic rings. The SMILES string of the molecule is O=C/C=C/c1cccc(N(CC23CCC(c4ccc(C5CC5)cc4)(CC2)CC3)C(=O)C2CC2)c1. The molecule has 0 radical (unpaired) electrons. The van der Waals surface area contributed by atoms with Crippen LogP contribution in [-0.4, -0.2) is 18.7 Å². The van der Waals surface area contributed by atoms with E-state index in [9.17, 15) is 9.59 Å². The number of aldehydes is 1. The minimum atomic E-state index is 0.196. The minimum absolute atomic E-state index is 0.196. The van der Waals surface area contributed by atoms with E-state index in [0.29, 0.717) is 11.3 Å². The zero-order chi connectivity index (χ0) is 23.2. The van der Waals surface area contributed by atoms with Gasteiger partial charge in [0.25, 0.3) is 0 Å². The first-order valence-electron chi connectivity index (χ1n) is 13.2. The summed E-state index contributed by atoms with van der Waals surface area (Å²) in [4.78, 5) is 26.3. The number of allylic oxidation sites excluding steroid dienone is 1. The average molecular weight is 454 g/mol. The summed E-state index contributed by atoms with van der Waals surface area (Å²) >= 11 is 0.